The van der Waals surface area contributed by atoms with Crippen LogP contribution in [0.1, 0.15) is 22.1 Å². The van der Waals surface area contributed by atoms with Crippen molar-refractivity contribution in [2.24, 2.45) is 5.92 Å². The van der Waals surface area contributed by atoms with Crippen molar-refractivity contribution in [1.82, 2.24) is 26.7 Å². The zero-order valence-electron chi connectivity index (χ0n) is 12.4. The third-order valence-electron chi connectivity index (χ3n) is 3.74. The number of hydrogen-bond acceptors (Lipinski definition) is 4. The van der Waals surface area contributed by atoms with E-state index in [1.165, 1.54) is 12.1 Å². The minimum absolute atomic E-state index is 0.317. The van der Waals surface area contributed by atoms with E-state index in [0.29, 0.717) is 12.2 Å². The number of H-pyrrole nitrogens is 1. The molecule has 0 saturated carbocycles. The van der Waals surface area contributed by atoms with Crippen molar-refractivity contribution in [3.63, 3.8) is 0 Å². The topological polar surface area (TPSA) is 98.1 Å². The summed E-state index contributed by atoms with van der Waals surface area (Å²) in [7, 11) is 0. The van der Waals surface area contributed by atoms with Crippen LogP contribution in [0.15, 0.2) is 41.0 Å². The SMILES string of the molecule is O=C(NNC(=O)C1CNNC1c1ccc(F)cc1)c1cc(Br)c[nH]1. The van der Waals surface area contributed by atoms with Crippen LogP contribution in [0.5, 0.6) is 0 Å². The van der Waals surface area contributed by atoms with Gasteiger partial charge in [0, 0.05) is 17.2 Å². The molecule has 1 fully saturated rings. The third-order valence-corrected chi connectivity index (χ3v) is 4.20. The van der Waals surface area contributed by atoms with Crippen molar-refractivity contribution in [2.75, 3.05) is 6.54 Å². The zero-order valence-corrected chi connectivity index (χ0v) is 14.0. The Morgan fingerprint density at radius 1 is 1.21 bits per heavy atom. The smallest absolute Gasteiger partial charge is 0.286 e. The van der Waals surface area contributed by atoms with Crippen LogP contribution in [-0.4, -0.2) is 23.3 Å². The number of carbonyl (C=O) groups excluding carboxylic acids is 2. The van der Waals surface area contributed by atoms with Crippen LogP contribution < -0.4 is 21.7 Å². The molecule has 9 heteroatoms. The second-order valence-electron chi connectivity index (χ2n) is 5.34. The molecule has 0 bridgehead atoms. The first-order valence-corrected chi connectivity index (χ1v) is 8.02. The van der Waals surface area contributed by atoms with E-state index in [0.717, 1.165) is 10.0 Å². The summed E-state index contributed by atoms with van der Waals surface area (Å²) in [5.74, 6) is -1.59. The van der Waals surface area contributed by atoms with Crippen LogP contribution in [0.2, 0.25) is 0 Å². The zero-order chi connectivity index (χ0) is 17.1. The average Bonchev–Trinajstić information content (AvgIpc) is 3.22. The van der Waals surface area contributed by atoms with Gasteiger partial charge in [0.2, 0.25) is 5.91 Å². The first-order valence-electron chi connectivity index (χ1n) is 7.22. The molecule has 2 unspecified atom stereocenters. The summed E-state index contributed by atoms with van der Waals surface area (Å²) < 4.78 is 13.8. The molecule has 126 valence electrons. The van der Waals surface area contributed by atoms with E-state index in [2.05, 4.69) is 42.6 Å². The molecule has 0 spiro atoms. The molecule has 3 rings (SSSR count). The molecule has 1 aliphatic heterocycles. The van der Waals surface area contributed by atoms with Gasteiger partial charge in [0.15, 0.2) is 0 Å². The molecule has 1 aliphatic rings. The lowest BCUT2D eigenvalue weighted by molar-refractivity contribution is -0.125. The van der Waals surface area contributed by atoms with Crippen molar-refractivity contribution in [2.45, 2.75) is 6.04 Å². The highest BCUT2D eigenvalue weighted by molar-refractivity contribution is 9.10. The number of carbonyl (C=O) groups is 2. The number of benzene rings is 1. The lowest BCUT2D eigenvalue weighted by Crippen LogP contribution is -2.46. The Morgan fingerprint density at radius 2 is 1.96 bits per heavy atom. The maximum atomic E-state index is 13.0. The van der Waals surface area contributed by atoms with Gasteiger partial charge in [-0.25, -0.2) is 9.82 Å². The number of halogens is 2. The Kier molecular flexibility index (Phi) is 4.93. The van der Waals surface area contributed by atoms with Gasteiger partial charge in [0.05, 0.1) is 12.0 Å². The molecule has 0 radical (unpaired) electrons. The predicted molar refractivity (Wildman–Crippen MR) is 87.9 cm³/mol. The highest BCUT2D eigenvalue weighted by atomic mass is 79.9. The Bertz CT molecular complexity index is 749. The second-order valence-corrected chi connectivity index (χ2v) is 6.25. The molecule has 2 amide bonds. The monoisotopic (exact) mass is 395 g/mol. The van der Waals surface area contributed by atoms with E-state index in [4.69, 9.17) is 0 Å². The van der Waals surface area contributed by atoms with Crippen LogP contribution >= 0.6 is 15.9 Å². The maximum Gasteiger partial charge on any atom is 0.286 e. The van der Waals surface area contributed by atoms with Crippen molar-refractivity contribution in [3.8, 4) is 0 Å². The molecule has 2 aromatic rings. The van der Waals surface area contributed by atoms with Crippen molar-refractivity contribution in [3.05, 3.63) is 58.1 Å². The molecule has 2 heterocycles. The Morgan fingerprint density at radius 3 is 2.62 bits per heavy atom. The van der Waals surface area contributed by atoms with Crippen LogP contribution in [0.3, 0.4) is 0 Å². The summed E-state index contributed by atoms with van der Waals surface area (Å²) in [6.07, 6.45) is 1.62. The van der Waals surface area contributed by atoms with E-state index < -0.39 is 11.8 Å². The maximum absolute atomic E-state index is 13.0. The first kappa shape index (κ1) is 16.6. The van der Waals surface area contributed by atoms with Crippen LogP contribution in [-0.2, 0) is 4.79 Å². The van der Waals surface area contributed by atoms with Gasteiger partial charge in [-0.3, -0.25) is 25.9 Å². The normalized spacial score (nSPS) is 19.9. The summed E-state index contributed by atoms with van der Waals surface area (Å²) in [4.78, 5) is 27.0. The van der Waals surface area contributed by atoms with Gasteiger partial charge < -0.3 is 4.98 Å². The number of hydrogen-bond donors (Lipinski definition) is 5. The second kappa shape index (κ2) is 7.12. The standard InChI is InChI=1S/C15H15BrFN5O2/c16-9-5-12(18-6-9)15(24)22-21-14(23)11-7-19-20-13(11)8-1-3-10(17)4-2-8/h1-6,11,13,18-20H,7H2,(H,21,23)(H,22,24). The number of aromatic amines is 1. The van der Waals surface area contributed by atoms with Gasteiger partial charge in [-0.15, -0.1) is 0 Å². The summed E-state index contributed by atoms with van der Waals surface area (Å²) in [5.41, 5.74) is 11.8. The lowest BCUT2D eigenvalue weighted by Gasteiger charge is -2.18. The van der Waals surface area contributed by atoms with Gasteiger partial charge in [-0.05, 0) is 39.7 Å². The number of aromatic nitrogens is 1. The molecule has 5 N–H and O–H groups in total. The molecule has 0 aliphatic carbocycles. The Hall–Kier alpha value is -2.23. The third kappa shape index (κ3) is 3.64. The number of hydrazine groups is 2. The number of amides is 2. The molecule has 2 atom stereocenters. The summed E-state index contributed by atoms with van der Waals surface area (Å²) in [6, 6.07) is 7.21. The van der Waals surface area contributed by atoms with Gasteiger partial charge in [-0.1, -0.05) is 12.1 Å². The number of nitrogens with one attached hydrogen (secondary N) is 5. The molecular weight excluding hydrogens is 381 g/mol. The fourth-order valence-corrected chi connectivity index (χ4v) is 2.85. The summed E-state index contributed by atoms with van der Waals surface area (Å²) in [5, 5.41) is 0. The van der Waals surface area contributed by atoms with Crippen LogP contribution in [0, 0.1) is 11.7 Å². The van der Waals surface area contributed by atoms with Crippen molar-refractivity contribution < 1.29 is 14.0 Å². The molecule has 1 aromatic heterocycles. The van der Waals surface area contributed by atoms with E-state index >= 15 is 0 Å². The Balaban J connectivity index is 1.61. The summed E-state index contributed by atoms with van der Waals surface area (Å²) in [6.45, 7) is 0.387. The fourth-order valence-electron chi connectivity index (χ4n) is 2.50. The number of rotatable bonds is 3. The first-order chi connectivity index (χ1) is 11.5. The van der Waals surface area contributed by atoms with E-state index in [1.54, 1.807) is 24.4 Å². The molecular formula is C15H15BrFN5O2. The van der Waals surface area contributed by atoms with Gasteiger partial charge in [0.1, 0.15) is 11.5 Å². The quantitative estimate of drug-likeness (QED) is 0.503. The molecule has 1 aromatic carbocycles. The molecule has 24 heavy (non-hydrogen) atoms. The lowest BCUT2D eigenvalue weighted by atomic mass is 9.94. The largest absolute Gasteiger partial charge is 0.356 e. The minimum atomic E-state index is -0.453. The van der Waals surface area contributed by atoms with Gasteiger partial charge in [0.25, 0.3) is 5.91 Å². The fraction of sp³-hybridized carbons (Fsp3) is 0.200. The highest BCUT2D eigenvalue weighted by Crippen LogP contribution is 2.25. The van der Waals surface area contributed by atoms with E-state index in [1.807, 2.05) is 0 Å². The van der Waals surface area contributed by atoms with Crippen molar-refractivity contribution >= 4 is 27.7 Å². The summed E-state index contributed by atoms with van der Waals surface area (Å²) >= 11 is 3.23. The van der Waals surface area contributed by atoms with Crippen LogP contribution in [0.4, 0.5) is 4.39 Å². The predicted octanol–water partition coefficient (Wildman–Crippen LogP) is 1.14. The molecule has 7 nitrogen and oxygen atoms in total. The minimum Gasteiger partial charge on any atom is -0.356 e. The van der Waals surface area contributed by atoms with E-state index in [-0.39, 0.29) is 17.8 Å². The van der Waals surface area contributed by atoms with Gasteiger partial charge in [-0.2, -0.15) is 0 Å². The highest BCUT2D eigenvalue weighted by Gasteiger charge is 2.34. The van der Waals surface area contributed by atoms with E-state index in [9.17, 15) is 14.0 Å². The Labute approximate surface area is 145 Å². The molecule has 1 saturated heterocycles. The average molecular weight is 396 g/mol. The van der Waals surface area contributed by atoms with Crippen LogP contribution in [0.25, 0.3) is 0 Å². The van der Waals surface area contributed by atoms with Gasteiger partial charge >= 0.3 is 0 Å². The van der Waals surface area contributed by atoms with Crippen molar-refractivity contribution in [1.29, 1.82) is 0 Å².